The van der Waals surface area contributed by atoms with Gasteiger partial charge in [-0.25, -0.2) is 0 Å². The van der Waals surface area contributed by atoms with Crippen LogP contribution in [0.15, 0.2) is 5.18 Å². The molecule has 1 aliphatic rings. The molecule has 13 heavy (non-hydrogen) atoms. The summed E-state index contributed by atoms with van der Waals surface area (Å²) in [5, 5.41) is 30.4. The summed E-state index contributed by atoms with van der Waals surface area (Å²) < 4.78 is 5.07. The highest BCUT2D eigenvalue weighted by Crippen LogP contribution is 2.20. The SMILES string of the molecule is CC1O[C@H](CN=O)[C@@H](O)[C@H](O)[C@H]1O. The van der Waals surface area contributed by atoms with Crippen LogP contribution in [0.4, 0.5) is 0 Å². The largest absolute Gasteiger partial charge is 0.388 e. The number of nitroso groups, excluding NO2 is 1. The predicted molar refractivity (Wildman–Crippen MR) is 43.0 cm³/mol. The second kappa shape index (κ2) is 4.10. The molecule has 1 fully saturated rings. The molecule has 76 valence electrons. The third-order valence-corrected chi connectivity index (χ3v) is 2.21. The Morgan fingerprint density at radius 2 is 1.85 bits per heavy atom. The zero-order valence-electron chi connectivity index (χ0n) is 7.20. The molecular weight excluding hydrogens is 178 g/mol. The van der Waals surface area contributed by atoms with Gasteiger partial charge < -0.3 is 20.1 Å². The Morgan fingerprint density at radius 3 is 2.38 bits per heavy atom. The smallest absolute Gasteiger partial charge is 0.111 e. The average molecular weight is 191 g/mol. The van der Waals surface area contributed by atoms with Gasteiger partial charge in [-0.15, -0.1) is 0 Å². The van der Waals surface area contributed by atoms with Crippen LogP contribution in [0.1, 0.15) is 6.92 Å². The van der Waals surface area contributed by atoms with Gasteiger partial charge in [-0.05, 0) is 6.92 Å². The van der Waals surface area contributed by atoms with Crippen LogP contribution in [0, 0.1) is 4.91 Å². The van der Waals surface area contributed by atoms with E-state index < -0.39 is 30.5 Å². The van der Waals surface area contributed by atoms with Crippen molar-refractivity contribution in [3.63, 3.8) is 0 Å². The summed E-state index contributed by atoms with van der Waals surface area (Å²) in [6, 6.07) is 0. The van der Waals surface area contributed by atoms with Gasteiger partial charge in [-0.1, -0.05) is 5.18 Å². The first-order chi connectivity index (χ1) is 6.07. The van der Waals surface area contributed by atoms with Gasteiger partial charge in [0.1, 0.15) is 31.0 Å². The fourth-order valence-corrected chi connectivity index (χ4v) is 1.36. The molecule has 6 heteroatoms. The molecule has 0 amide bonds. The Morgan fingerprint density at radius 1 is 1.23 bits per heavy atom. The number of aliphatic hydroxyl groups excluding tert-OH is 3. The van der Waals surface area contributed by atoms with Gasteiger partial charge in [-0.2, -0.15) is 4.91 Å². The Kier molecular flexibility index (Phi) is 3.32. The number of hydrogen-bond acceptors (Lipinski definition) is 6. The summed E-state index contributed by atoms with van der Waals surface area (Å²) >= 11 is 0. The van der Waals surface area contributed by atoms with E-state index in [1.54, 1.807) is 6.92 Å². The van der Waals surface area contributed by atoms with Crippen molar-refractivity contribution < 1.29 is 20.1 Å². The number of aliphatic hydroxyl groups is 3. The molecule has 1 aliphatic heterocycles. The third-order valence-electron chi connectivity index (χ3n) is 2.21. The maximum absolute atomic E-state index is 9.93. The van der Waals surface area contributed by atoms with E-state index in [1.165, 1.54) is 0 Å². The zero-order chi connectivity index (χ0) is 10.0. The second-order valence-corrected chi connectivity index (χ2v) is 3.16. The topological polar surface area (TPSA) is 99.4 Å². The average Bonchev–Trinajstić information content (AvgIpc) is 2.11. The summed E-state index contributed by atoms with van der Waals surface area (Å²) in [5.41, 5.74) is 0. The lowest BCUT2D eigenvalue weighted by atomic mass is 9.96. The summed E-state index contributed by atoms with van der Waals surface area (Å²) in [6.45, 7) is 1.33. The summed E-state index contributed by atoms with van der Waals surface area (Å²) in [7, 11) is 0. The molecule has 0 aromatic heterocycles. The van der Waals surface area contributed by atoms with Crippen molar-refractivity contribution in [1.29, 1.82) is 0 Å². The van der Waals surface area contributed by atoms with Gasteiger partial charge in [0.25, 0.3) is 0 Å². The normalized spacial score (nSPS) is 46.0. The van der Waals surface area contributed by atoms with Gasteiger partial charge in [-0.3, -0.25) is 0 Å². The van der Waals surface area contributed by atoms with Gasteiger partial charge in [0.2, 0.25) is 0 Å². The van der Waals surface area contributed by atoms with Gasteiger partial charge >= 0.3 is 0 Å². The first kappa shape index (κ1) is 10.5. The Bertz CT molecular complexity index is 188. The van der Waals surface area contributed by atoms with Crippen molar-refractivity contribution >= 4 is 0 Å². The van der Waals surface area contributed by atoms with E-state index >= 15 is 0 Å². The van der Waals surface area contributed by atoms with Crippen LogP contribution in [0.3, 0.4) is 0 Å². The molecule has 0 bridgehead atoms. The van der Waals surface area contributed by atoms with Gasteiger partial charge in [0.15, 0.2) is 0 Å². The monoisotopic (exact) mass is 191 g/mol. The molecule has 5 atom stereocenters. The molecule has 1 rings (SSSR count). The number of nitrogens with zero attached hydrogens (tertiary/aromatic N) is 1. The van der Waals surface area contributed by atoms with Crippen molar-refractivity contribution in [1.82, 2.24) is 0 Å². The molecule has 0 saturated carbocycles. The summed E-state index contributed by atoms with van der Waals surface area (Å²) in [6.07, 6.45) is -5.10. The van der Waals surface area contributed by atoms with Crippen LogP contribution in [0.25, 0.3) is 0 Å². The molecule has 0 aromatic carbocycles. The quantitative estimate of drug-likeness (QED) is 0.467. The molecule has 0 spiro atoms. The molecule has 3 N–H and O–H groups in total. The number of rotatable bonds is 2. The van der Waals surface area contributed by atoms with E-state index in [0.717, 1.165) is 0 Å². The molecular formula is C7H13NO5. The van der Waals surface area contributed by atoms with E-state index in [-0.39, 0.29) is 6.54 Å². The van der Waals surface area contributed by atoms with Crippen molar-refractivity contribution in [2.75, 3.05) is 6.54 Å². The zero-order valence-corrected chi connectivity index (χ0v) is 7.20. The van der Waals surface area contributed by atoms with E-state index in [9.17, 15) is 20.2 Å². The van der Waals surface area contributed by atoms with E-state index in [4.69, 9.17) is 4.74 Å². The minimum absolute atomic E-state index is 0.227. The highest BCUT2D eigenvalue weighted by atomic mass is 16.5. The maximum Gasteiger partial charge on any atom is 0.111 e. The fourth-order valence-electron chi connectivity index (χ4n) is 1.36. The van der Waals surface area contributed by atoms with Crippen molar-refractivity contribution in [3.8, 4) is 0 Å². The number of ether oxygens (including phenoxy) is 1. The maximum atomic E-state index is 9.93. The Labute approximate surface area is 75.1 Å². The standard InChI is InChI=1S/C7H13NO5/c1-3-5(9)7(11)6(10)4(13-3)2-8-12/h3-7,9-11H,2H2,1H3/t3?,4-,5+,6-,7-/m1/s1. The first-order valence-electron chi connectivity index (χ1n) is 4.06. The predicted octanol–water partition coefficient (Wildman–Crippen LogP) is -1.38. The van der Waals surface area contributed by atoms with Crippen molar-refractivity contribution in [2.24, 2.45) is 5.18 Å². The van der Waals surface area contributed by atoms with E-state index in [2.05, 4.69) is 5.18 Å². The molecule has 1 saturated heterocycles. The summed E-state index contributed by atoms with van der Waals surface area (Å²) in [5.74, 6) is 0. The van der Waals surface area contributed by atoms with Crippen LogP contribution in [0.5, 0.6) is 0 Å². The number of hydrogen-bond donors (Lipinski definition) is 3. The van der Waals surface area contributed by atoms with Crippen molar-refractivity contribution in [3.05, 3.63) is 4.91 Å². The van der Waals surface area contributed by atoms with Gasteiger partial charge in [0.05, 0.1) is 6.10 Å². The summed E-state index contributed by atoms with van der Waals surface area (Å²) in [4.78, 5) is 9.93. The van der Waals surface area contributed by atoms with Crippen LogP contribution in [0.2, 0.25) is 0 Å². The second-order valence-electron chi connectivity index (χ2n) is 3.16. The lowest BCUT2D eigenvalue weighted by Gasteiger charge is -2.38. The Hall–Kier alpha value is -0.560. The van der Waals surface area contributed by atoms with Crippen LogP contribution >= 0.6 is 0 Å². The van der Waals surface area contributed by atoms with E-state index in [1.807, 2.05) is 0 Å². The minimum atomic E-state index is -1.28. The lowest BCUT2D eigenvalue weighted by molar-refractivity contribution is -0.213. The Balaban J connectivity index is 2.64. The van der Waals surface area contributed by atoms with Crippen LogP contribution < -0.4 is 0 Å². The van der Waals surface area contributed by atoms with Crippen LogP contribution in [-0.4, -0.2) is 52.4 Å². The molecule has 0 radical (unpaired) electrons. The molecule has 1 heterocycles. The molecule has 0 aliphatic carbocycles. The highest BCUT2D eigenvalue weighted by molar-refractivity contribution is 4.91. The molecule has 1 unspecified atom stereocenters. The molecule has 0 aromatic rings. The lowest BCUT2D eigenvalue weighted by Crippen LogP contribution is -2.57. The van der Waals surface area contributed by atoms with Gasteiger partial charge in [0, 0.05) is 0 Å². The van der Waals surface area contributed by atoms with Crippen molar-refractivity contribution in [2.45, 2.75) is 37.4 Å². The fraction of sp³-hybridized carbons (Fsp3) is 1.00. The first-order valence-corrected chi connectivity index (χ1v) is 4.06. The van der Waals surface area contributed by atoms with Crippen LogP contribution in [-0.2, 0) is 4.74 Å². The highest BCUT2D eigenvalue weighted by Gasteiger charge is 2.41. The van der Waals surface area contributed by atoms with E-state index in [0.29, 0.717) is 0 Å². The minimum Gasteiger partial charge on any atom is -0.388 e. The molecule has 6 nitrogen and oxygen atoms in total. The third kappa shape index (κ3) is 2.02.